The highest BCUT2D eigenvalue weighted by atomic mass is 19.1. The van der Waals surface area contributed by atoms with E-state index in [1.54, 1.807) is 37.5 Å². The zero-order valence-electron chi connectivity index (χ0n) is 14.1. The molecule has 2 fully saturated rings. The monoisotopic (exact) mass is 340 g/mol. The Balaban J connectivity index is 1.73. The fraction of sp³-hybridized carbons (Fsp3) is 0.368. The summed E-state index contributed by atoms with van der Waals surface area (Å²) in [6.45, 7) is 2.42. The summed E-state index contributed by atoms with van der Waals surface area (Å²) in [7, 11) is 1.76. The van der Waals surface area contributed by atoms with Gasteiger partial charge in [-0.1, -0.05) is 12.1 Å². The van der Waals surface area contributed by atoms with E-state index in [2.05, 4.69) is 15.6 Å². The summed E-state index contributed by atoms with van der Waals surface area (Å²) in [5, 5.41) is 6.39. The van der Waals surface area contributed by atoms with Crippen LogP contribution in [0.3, 0.4) is 0 Å². The predicted molar refractivity (Wildman–Crippen MR) is 93.8 cm³/mol. The molecule has 3 heterocycles. The van der Waals surface area contributed by atoms with E-state index >= 15 is 0 Å². The molecule has 5 nitrogen and oxygen atoms in total. The number of halogens is 1. The van der Waals surface area contributed by atoms with Crippen LogP contribution in [0, 0.1) is 17.7 Å². The molecule has 2 aliphatic rings. The van der Waals surface area contributed by atoms with E-state index in [1.807, 2.05) is 11.0 Å². The first-order chi connectivity index (χ1) is 12.2. The number of hydrogen-bond acceptors (Lipinski definition) is 4. The topological polar surface area (TPSA) is 57.3 Å². The first kappa shape index (κ1) is 16.0. The minimum absolute atomic E-state index is 0.0545. The number of hydrogen-bond donors (Lipinski definition) is 2. The predicted octanol–water partition coefficient (Wildman–Crippen LogP) is 2.30. The molecule has 0 saturated carbocycles. The lowest BCUT2D eigenvalue weighted by Crippen LogP contribution is -2.35. The number of amides is 1. The molecule has 1 amide bonds. The van der Waals surface area contributed by atoms with Crippen LogP contribution in [0.2, 0.25) is 0 Å². The third kappa shape index (κ3) is 2.76. The lowest BCUT2D eigenvalue weighted by Gasteiger charge is -2.29. The van der Waals surface area contributed by atoms with Crippen LogP contribution in [0.15, 0.2) is 42.6 Å². The van der Waals surface area contributed by atoms with E-state index < -0.39 is 0 Å². The fourth-order valence-corrected chi connectivity index (χ4v) is 4.18. The second kappa shape index (κ2) is 6.44. The fourth-order valence-electron chi connectivity index (χ4n) is 4.18. The van der Waals surface area contributed by atoms with Gasteiger partial charge in [0.1, 0.15) is 11.6 Å². The average molecular weight is 340 g/mol. The van der Waals surface area contributed by atoms with Gasteiger partial charge in [-0.05, 0) is 35.7 Å². The van der Waals surface area contributed by atoms with E-state index in [4.69, 9.17) is 0 Å². The van der Waals surface area contributed by atoms with Crippen LogP contribution in [0.1, 0.15) is 22.0 Å². The van der Waals surface area contributed by atoms with Crippen LogP contribution in [-0.4, -0.2) is 42.5 Å². The van der Waals surface area contributed by atoms with Gasteiger partial charge in [0, 0.05) is 38.8 Å². The van der Waals surface area contributed by atoms with Crippen LogP contribution in [0.4, 0.5) is 10.2 Å². The van der Waals surface area contributed by atoms with E-state index in [0.29, 0.717) is 29.8 Å². The van der Waals surface area contributed by atoms with Crippen molar-refractivity contribution in [2.45, 2.75) is 6.04 Å². The normalized spacial score (nSPS) is 25.0. The minimum atomic E-state index is -0.267. The van der Waals surface area contributed by atoms with Gasteiger partial charge >= 0.3 is 0 Å². The Bertz CT molecular complexity index is 796. The van der Waals surface area contributed by atoms with Crippen LogP contribution >= 0.6 is 0 Å². The van der Waals surface area contributed by atoms with Crippen molar-refractivity contribution in [2.75, 3.05) is 32.0 Å². The molecule has 1 aromatic heterocycles. The molecular formula is C19H21FN4O. The molecule has 0 spiro atoms. The molecule has 0 bridgehead atoms. The van der Waals surface area contributed by atoms with Crippen molar-refractivity contribution in [1.29, 1.82) is 0 Å². The molecule has 3 atom stereocenters. The van der Waals surface area contributed by atoms with E-state index in [0.717, 1.165) is 18.7 Å². The second-order valence-electron chi connectivity index (χ2n) is 6.69. The Hall–Kier alpha value is -2.47. The molecule has 0 aliphatic carbocycles. The van der Waals surface area contributed by atoms with Gasteiger partial charge in [0.2, 0.25) is 0 Å². The van der Waals surface area contributed by atoms with Crippen LogP contribution in [0.5, 0.6) is 0 Å². The largest absolute Gasteiger partial charge is 0.372 e. The highest BCUT2D eigenvalue weighted by Gasteiger charge is 2.47. The maximum Gasteiger partial charge on any atom is 0.258 e. The molecule has 4 rings (SSSR count). The highest BCUT2D eigenvalue weighted by molar-refractivity contribution is 5.99. The third-order valence-corrected chi connectivity index (χ3v) is 5.29. The van der Waals surface area contributed by atoms with Gasteiger partial charge in [0.25, 0.3) is 5.91 Å². The number of likely N-dealkylation sites (tertiary alicyclic amines) is 1. The first-order valence-electron chi connectivity index (χ1n) is 8.59. The van der Waals surface area contributed by atoms with Crippen LogP contribution in [-0.2, 0) is 0 Å². The molecule has 0 radical (unpaired) electrons. The van der Waals surface area contributed by atoms with E-state index in [9.17, 15) is 9.18 Å². The van der Waals surface area contributed by atoms with Crippen molar-refractivity contribution in [3.8, 4) is 0 Å². The lowest BCUT2D eigenvalue weighted by molar-refractivity contribution is 0.0714. The summed E-state index contributed by atoms with van der Waals surface area (Å²) in [5.74, 6) is 0.950. The number of nitrogens with one attached hydrogen (secondary N) is 2. The number of carbonyl (C=O) groups is 1. The number of aromatic nitrogens is 1. The number of carbonyl (C=O) groups excluding carboxylic acids is 1. The van der Waals surface area contributed by atoms with Crippen molar-refractivity contribution in [3.05, 3.63) is 59.5 Å². The summed E-state index contributed by atoms with van der Waals surface area (Å²) in [4.78, 5) is 19.4. The number of pyridine rings is 1. The minimum Gasteiger partial charge on any atom is -0.372 e. The molecule has 6 heteroatoms. The maximum absolute atomic E-state index is 13.8. The van der Waals surface area contributed by atoms with Crippen LogP contribution in [0.25, 0.3) is 0 Å². The van der Waals surface area contributed by atoms with Gasteiger partial charge in [-0.15, -0.1) is 0 Å². The Morgan fingerprint density at radius 1 is 1.32 bits per heavy atom. The summed E-state index contributed by atoms with van der Waals surface area (Å²) in [5.41, 5.74) is 1.42. The number of rotatable bonds is 3. The molecule has 2 aromatic rings. The van der Waals surface area contributed by atoms with Gasteiger partial charge in [0.05, 0.1) is 11.6 Å². The zero-order valence-corrected chi connectivity index (χ0v) is 14.1. The summed E-state index contributed by atoms with van der Waals surface area (Å²) >= 11 is 0. The zero-order chi connectivity index (χ0) is 17.4. The van der Waals surface area contributed by atoms with E-state index in [-0.39, 0.29) is 17.8 Å². The summed E-state index contributed by atoms with van der Waals surface area (Å²) < 4.78 is 13.8. The van der Waals surface area contributed by atoms with Gasteiger partial charge in [-0.25, -0.2) is 9.37 Å². The molecule has 2 saturated heterocycles. The number of fused-ring (bicyclic) bond motifs is 1. The smallest absolute Gasteiger partial charge is 0.258 e. The molecule has 25 heavy (non-hydrogen) atoms. The van der Waals surface area contributed by atoms with Gasteiger partial charge in [-0.2, -0.15) is 0 Å². The quantitative estimate of drug-likeness (QED) is 0.900. The lowest BCUT2D eigenvalue weighted by atomic mass is 9.89. The van der Waals surface area contributed by atoms with Crippen molar-refractivity contribution in [2.24, 2.45) is 11.8 Å². The second-order valence-corrected chi connectivity index (χ2v) is 6.69. The summed E-state index contributed by atoms with van der Waals surface area (Å²) in [6, 6.07) is 10.1. The highest BCUT2D eigenvalue weighted by Crippen LogP contribution is 2.43. The van der Waals surface area contributed by atoms with Crippen molar-refractivity contribution in [1.82, 2.24) is 15.2 Å². The van der Waals surface area contributed by atoms with Gasteiger partial charge < -0.3 is 15.5 Å². The molecule has 2 N–H and O–H groups in total. The third-order valence-electron chi connectivity index (χ3n) is 5.29. The Labute approximate surface area is 146 Å². The average Bonchev–Trinajstić information content (AvgIpc) is 3.22. The molecule has 1 aromatic carbocycles. The van der Waals surface area contributed by atoms with Gasteiger partial charge in [-0.3, -0.25) is 4.79 Å². The molecule has 0 unspecified atom stereocenters. The van der Waals surface area contributed by atoms with Crippen LogP contribution < -0.4 is 10.6 Å². The SMILES string of the molecule is CNc1ncccc1C(=O)N1C[C@@H]2CNC[C@@H]2[C@H]1c1cccc(F)c1. The van der Waals surface area contributed by atoms with Crippen molar-refractivity contribution in [3.63, 3.8) is 0 Å². The Kier molecular flexibility index (Phi) is 4.13. The number of anilines is 1. The molecular weight excluding hydrogens is 319 g/mol. The number of nitrogens with zero attached hydrogens (tertiary/aromatic N) is 2. The Morgan fingerprint density at radius 3 is 3.00 bits per heavy atom. The maximum atomic E-state index is 13.8. The first-order valence-corrected chi connectivity index (χ1v) is 8.59. The van der Waals surface area contributed by atoms with Crippen molar-refractivity contribution >= 4 is 11.7 Å². The van der Waals surface area contributed by atoms with Gasteiger partial charge in [0.15, 0.2) is 0 Å². The van der Waals surface area contributed by atoms with E-state index in [1.165, 1.54) is 6.07 Å². The molecule has 130 valence electrons. The molecule has 2 aliphatic heterocycles. The number of benzene rings is 1. The Morgan fingerprint density at radius 2 is 2.20 bits per heavy atom. The standard InChI is InChI=1S/C19H21FN4O/c1-21-18-15(6-3-7-23-18)19(25)24-11-13-9-22-10-16(13)17(24)12-4-2-5-14(20)8-12/h2-8,13,16-17,22H,9-11H2,1H3,(H,21,23)/t13-,16-,17+/m0/s1. The summed E-state index contributed by atoms with van der Waals surface area (Å²) in [6.07, 6.45) is 1.66. The van der Waals surface area contributed by atoms with Crippen molar-refractivity contribution < 1.29 is 9.18 Å².